The molecular formula is C95H177O25P. The van der Waals surface area contributed by atoms with Crippen LogP contribution in [-0.4, -0.2) is 205 Å². The number of esters is 4. The van der Waals surface area contributed by atoms with Crippen LogP contribution in [0.5, 0.6) is 0 Å². The molecule has 18 atom stereocenters. The number of rotatable bonds is 81. The first kappa shape index (κ1) is 112. The fraction of sp³-hybridized carbons (Fsp3) is 0.937. The van der Waals surface area contributed by atoms with Crippen LogP contribution in [0, 0.1) is 0 Å². The quantitative estimate of drug-likeness (QED) is 0.00889. The van der Waals surface area contributed by atoms with Crippen LogP contribution in [-0.2, 0) is 70.7 Å². The molecule has 2 heterocycles. The Bertz CT molecular complexity index is 2550. The molecule has 712 valence electrons. The van der Waals surface area contributed by atoms with E-state index in [0.29, 0.717) is 32.1 Å². The van der Waals surface area contributed by atoms with Gasteiger partial charge in [-0.1, -0.05) is 374 Å². The van der Waals surface area contributed by atoms with Crippen LogP contribution in [0.4, 0.5) is 0 Å². The second kappa shape index (κ2) is 74.0. The lowest BCUT2D eigenvalue weighted by atomic mass is 9.84. The minimum atomic E-state index is -5.81. The highest BCUT2D eigenvalue weighted by atomic mass is 31.2. The molecule has 25 nitrogen and oxygen atoms in total. The van der Waals surface area contributed by atoms with Crippen molar-refractivity contribution in [3.63, 3.8) is 0 Å². The lowest BCUT2D eigenvalue weighted by Gasteiger charge is -2.50. The lowest BCUT2D eigenvalue weighted by Crippen LogP contribution is -2.70. The minimum Gasteiger partial charge on any atom is -0.463 e. The van der Waals surface area contributed by atoms with Crippen LogP contribution in [0.3, 0.4) is 0 Å². The van der Waals surface area contributed by atoms with Gasteiger partial charge in [0.1, 0.15) is 92.6 Å². The van der Waals surface area contributed by atoms with Crippen molar-refractivity contribution in [1.82, 2.24) is 0 Å². The van der Waals surface area contributed by atoms with Crippen molar-refractivity contribution in [3.8, 4) is 0 Å². The van der Waals surface area contributed by atoms with Gasteiger partial charge in [-0.15, -0.1) is 0 Å². The van der Waals surface area contributed by atoms with Crippen molar-refractivity contribution in [2.24, 2.45) is 0 Å². The highest BCUT2D eigenvalue weighted by molar-refractivity contribution is 7.47. The van der Waals surface area contributed by atoms with Crippen molar-refractivity contribution in [2.45, 2.75) is 543 Å². The Morgan fingerprint density at radius 1 is 0.322 bits per heavy atom. The third-order valence-electron chi connectivity index (χ3n) is 24.3. The lowest BCUT2D eigenvalue weighted by molar-refractivity contribution is -0.360. The number of phosphoric ester groups is 1. The van der Waals surface area contributed by atoms with Crippen LogP contribution in [0.1, 0.15) is 439 Å². The number of aliphatic hydroxyl groups excluding tert-OH is 9. The number of aliphatic hydroxyl groups is 9. The molecule has 0 aromatic carbocycles. The number of allylic oxidation sites excluding steroid dienone is 2. The minimum absolute atomic E-state index is 0.0113. The summed E-state index contributed by atoms with van der Waals surface area (Å²) < 4.78 is 73.6. The number of unbranched alkanes of at least 4 members (excludes halogenated alkanes) is 55. The van der Waals surface area contributed by atoms with E-state index < -0.39 is 162 Å². The molecule has 121 heavy (non-hydrogen) atoms. The van der Waals surface area contributed by atoms with E-state index in [-0.39, 0.29) is 25.7 Å². The third kappa shape index (κ3) is 53.7. The van der Waals surface area contributed by atoms with Crippen LogP contribution >= 0.6 is 7.82 Å². The van der Waals surface area contributed by atoms with Crippen molar-refractivity contribution >= 4 is 31.7 Å². The summed E-state index contributed by atoms with van der Waals surface area (Å²) in [6.07, 6.45) is 34.5. The Balaban J connectivity index is 1.90. The van der Waals surface area contributed by atoms with E-state index >= 15 is 0 Å². The summed E-state index contributed by atoms with van der Waals surface area (Å²) >= 11 is 0. The summed E-state index contributed by atoms with van der Waals surface area (Å²) in [5.41, 5.74) is 0. The summed E-state index contributed by atoms with van der Waals surface area (Å²) in [6, 6.07) is 0. The largest absolute Gasteiger partial charge is 0.472 e. The third-order valence-corrected chi connectivity index (χ3v) is 25.3. The standard InChI is InChI=1S/C95H177O25P/c1-5-9-13-17-21-25-29-33-37-41-44-47-51-55-59-63-67-78(97)111-72-75(114-80(99)69-65-61-57-53-49-45-40-36-32-28-24-20-16-12-8-4)73-113-121(109,110)120-93-91(118-94-88(107)84(103)82(101)76(71-96)115-94)87(106)86(105)90(117-81(100)70-66-62-58-54-50-46-42-38-34-30-26-22-18-14-10-6-2)92(93)119-95-89(108)85(104)83(102)77(116-95)74-112-79(98)68-64-60-56-52-48-43-39-35-31-27-23-19-15-11-7-3/h27,31,75-77,82-96,101-108H,5-26,28-30,32-74H2,1-4H3,(H,109,110)/b31-27-. The first-order valence-electron chi connectivity index (χ1n) is 49.4. The van der Waals surface area contributed by atoms with Gasteiger partial charge in [-0.05, 0) is 51.4 Å². The van der Waals surface area contributed by atoms with E-state index in [1.165, 1.54) is 205 Å². The zero-order chi connectivity index (χ0) is 88.2. The maximum Gasteiger partial charge on any atom is 0.472 e. The fourth-order valence-electron chi connectivity index (χ4n) is 16.4. The molecule has 1 saturated carbocycles. The predicted octanol–water partition coefficient (Wildman–Crippen LogP) is 19.1. The maximum absolute atomic E-state index is 14.9. The number of carbonyl (C=O) groups is 4. The van der Waals surface area contributed by atoms with Crippen molar-refractivity contribution in [1.29, 1.82) is 0 Å². The van der Waals surface area contributed by atoms with Gasteiger partial charge in [0.25, 0.3) is 0 Å². The molecule has 1 aliphatic carbocycles. The topological polar surface area (TPSA) is 380 Å². The normalized spacial score (nSPS) is 24.6. The zero-order valence-electron chi connectivity index (χ0n) is 76.1. The van der Waals surface area contributed by atoms with Gasteiger partial charge >= 0.3 is 31.7 Å². The van der Waals surface area contributed by atoms with Gasteiger partial charge in [0.15, 0.2) is 24.8 Å². The second-order valence-corrected chi connectivity index (χ2v) is 36.7. The van der Waals surface area contributed by atoms with Gasteiger partial charge in [0, 0.05) is 25.7 Å². The van der Waals surface area contributed by atoms with Crippen LogP contribution in [0.2, 0.25) is 0 Å². The average Bonchev–Trinajstić information content (AvgIpc) is 0.754. The molecule has 3 fully saturated rings. The number of hydrogen-bond acceptors (Lipinski definition) is 24. The Morgan fingerprint density at radius 2 is 0.620 bits per heavy atom. The molecule has 0 radical (unpaired) electrons. The van der Waals surface area contributed by atoms with Crippen molar-refractivity contribution in [3.05, 3.63) is 12.2 Å². The summed E-state index contributed by atoms with van der Waals surface area (Å²) in [5.74, 6) is -2.95. The Morgan fingerprint density at radius 3 is 0.992 bits per heavy atom. The first-order valence-corrected chi connectivity index (χ1v) is 50.9. The molecule has 0 aromatic heterocycles. The van der Waals surface area contributed by atoms with Crippen LogP contribution < -0.4 is 0 Å². The highest BCUT2D eigenvalue weighted by Crippen LogP contribution is 2.49. The van der Waals surface area contributed by atoms with E-state index in [4.69, 9.17) is 46.9 Å². The summed E-state index contributed by atoms with van der Waals surface area (Å²) in [4.78, 5) is 66.6. The molecule has 0 spiro atoms. The smallest absolute Gasteiger partial charge is 0.463 e. The molecule has 10 N–H and O–H groups in total. The highest BCUT2D eigenvalue weighted by Gasteiger charge is 2.60. The van der Waals surface area contributed by atoms with E-state index in [0.717, 1.165) is 148 Å². The molecule has 2 saturated heterocycles. The average molecular weight is 1750 g/mol. The van der Waals surface area contributed by atoms with Crippen LogP contribution in [0.25, 0.3) is 0 Å². The first-order chi connectivity index (χ1) is 58.7. The number of carbonyl (C=O) groups excluding carboxylic acids is 4. The van der Waals surface area contributed by atoms with E-state index in [9.17, 15) is 74.6 Å². The monoisotopic (exact) mass is 1750 g/mol. The van der Waals surface area contributed by atoms with Gasteiger partial charge < -0.3 is 88.7 Å². The van der Waals surface area contributed by atoms with E-state index in [1.54, 1.807) is 0 Å². The Labute approximate surface area is 731 Å². The van der Waals surface area contributed by atoms with Crippen LogP contribution in [0.15, 0.2) is 12.2 Å². The van der Waals surface area contributed by atoms with Crippen molar-refractivity contribution < 1.29 is 122 Å². The Hall–Kier alpha value is -2.79. The molecule has 0 aromatic rings. The SMILES string of the molecule is CCCCCC/C=C\CCCCCCCCCC(=O)OCC1OC(OC2C(OC(=O)CCCCCCCCCCCCCCCCCC)C(O)C(O)C(OC3OC(CO)C(O)C(O)C3O)C2OP(=O)(O)OCC(COC(=O)CCCCCCCCCCCCCCCCCC)OC(=O)CCCCCCCCCCCCCCCCC)C(O)C(O)C1O. The summed E-state index contributed by atoms with van der Waals surface area (Å²) in [6.45, 7) is 5.65. The molecule has 2 aliphatic heterocycles. The molecule has 3 aliphatic rings. The van der Waals surface area contributed by atoms with Gasteiger partial charge in [0.2, 0.25) is 0 Å². The van der Waals surface area contributed by atoms with Gasteiger partial charge in [-0.25, -0.2) is 4.57 Å². The number of ether oxygens (including phenoxy) is 8. The molecule has 0 amide bonds. The van der Waals surface area contributed by atoms with E-state index in [2.05, 4.69) is 39.8 Å². The number of hydrogen-bond donors (Lipinski definition) is 10. The predicted molar refractivity (Wildman–Crippen MR) is 472 cm³/mol. The fourth-order valence-corrected chi connectivity index (χ4v) is 17.4. The van der Waals surface area contributed by atoms with Gasteiger partial charge in [0.05, 0.1) is 13.2 Å². The molecular weight excluding hydrogens is 1570 g/mol. The summed E-state index contributed by atoms with van der Waals surface area (Å²) in [7, 11) is -5.81. The molecule has 26 heteroatoms. The molecule has 0 bridgehead atoms. The summed E-state index contributed by atoms with van der Waals surface area (Å²) in [5, 5.41) is 102. The van der Waals surface area contributed by atoms with Gasteiger partial charge in [-0.3, -0.25) is 28.2 Å². The zero-order valence-corrected chi connectivity index (χ0v) is 77.0. The number of phosphoric acid groups is 1. The maximum atomic E-state index is 14.9. The van der Waals surface area contributed by atoms with Crippen molar-refractivity contribution in [2.75, 3.05) is 26.4 Å². The Kier molecular flexibility index (Phi) is 68.8. The molecule has 18 unspecified atom stereocenters. The molecule has 3 rings (SSSR count). The van der Waals surface area contributed by atoms with Gasteiger partial charge in [-0.2, -0.15) is 0 Å². The second-order valence-electron chi connectivity index (χ2n) is 35.3. The van der Waals surface area contributed by atoms with E-state index in [1.807, 2.05) is 0 Å².